The van der Waals surface area contributed by atoms with E-state index in [4.69, 9.17) is 21.1 Å². The van der Waals surface area contributed by atoms with Gasteiger partial charge < -0.3 is 14.8 Å². The minimum atomic E-state index is -0.812. The van der Waals surface area contributed by atoms with Crippen molar-refractivity contribution in [1.29, 1.82) is 5.26 Å². The standard InChI is InChI=1S/C24H17ClN4O7/c1-14-4-3-5-18(25)23(14)27-24(30)16(13-26)10-15-6-8-21(35-2)22(11-15)36-20-9-7-17(28(31)32)12-19(20)29(33)34/h3-12H,1-2H3,(H,27,30)/b16-10+. The molecule has 3 aromatic carbocycles. The summed E-state index contributed by atoms with van der Waals surface area (Å²) in [4.78, 5) is 33.6. The van der Waals surface area contributed by atoms with Gasteiger partial charge in [0, 0.05) is 6.07 Å². The summed E-state index contributed by atoms with van der Waals surface area (Å²) in [6, 6.07) is 14.3. The van der Waals surface area contributed by atoms with Gasteiger partial charge in [-0.1, -0.05) is 29.8 Å². The van der Waals surface area contributed by atoms with E-state index in [0.717, 1.165) is 18.2 Å². The number of nitrogens with zero attached hydrogens (tertiary/aromatic N) is 3. The molecule has 12 heteroatoms. The zero-order valence-electron chi connectivity index (χ0n) is 18.9. The van der Waals surface area contributed by atoms with Gasteiger partial charge in [-0.2, -0.15) is 5.26 Å². The number of non-ortho nitro benzene ring substituents is 1. The van der Waals surface area contributed by atoms with Crippen LogP contribution >= 0.6 is 11.6 Å². The number of nitriles is 1. The molecule has 3 aromatic rings. The van der Waals surface area contributed by atoms with Crippen molar-refractivity contribution in [3.05, 3.63) is 96.5 Å². The third-order valence-electron chi connectivity index (χ3n) is 4.89. The van der Waals surface area contributed by atoms with Gasteiger partial charge in [-0.25, -0.2) is 0 Å². The number of halogens is 1. The van der Waals surface area contributed by atoms with Crippen molar-refractivity contribution in [2.45, 2.75) is 6.92 Å². The summed E-state index contributed by atoms with van der Waals surface area (Å²) in [5.41, 5.74) is 0.0766. The molecule has 0 radical (unpaired) electrons. The van der Waals surface area contributed by atoms with Crippen LogP contribution in [-0.4, -0.2) is 22.9 Å². The number of nitro benzene ring substituents is 2. The second kappa shape index (κ2) is 11.0. The third-order valence-corrected chi connectivity index (χ3v) is 5.21. The first-order chi connectivity index (χ1) is 17.1. The quantitative estimate of drug-likeness (QED) is 0.173. The minimum Gasteiger partial charge on any atom is -0.493 e. The molecule has 0 atom stereocenters. The van der Waals surface area contributed by atoms with Gasteiger partial charge >= 0.3 is 5.69 Å². The van der Waals surface area contributed by atoms with Gasteiger partial charge in [0.05, 0.1) is 33.7 Å². The van der Waals surface area contributed by atoms with Gasteiger partial charge in [-0.15, -0.1) is 0 Å². The number of aryl methyl sites for hydroxylation is 1. The highest BCUT2D eigenvalue weighted by molar-refractivity contribution is 6.34. The number of rotatable bonds is 8. The highest BCUT2D eigenvalue weighted by Crippen LogP contribution is 2.38. The third kappa shape index (κ3) is 5.75. The lowest BCUT2D eigenvalue weighted by atomic mass is 10.1. The van der Waals surface area contributed by atoms with E-state index in [2.05, 4.69) is 5.32 Å². The summed E-state index contributed by atoms with van der Waals surface area (Å²) >= 11 is 6.14. The topological polar surface area (TPSA) is 158 Å². The number of hydrogen-bond acceptors (Lipinski definition) is 8. The van der Waals surface area contributed by atoms with Crippen molar-refractivity contribution in [1.82, 2.24) is 0 Å². The molecule has 0 aliphatic heterocycles. The average Bonchev–Trinajstić information content (AvgIpc) is 2.84. The molecule has 0 fully saturated rings. The number of nitrogens with one attached hydrogen (secondary N) is 1. The number of hydrogen-bond donors (Lipinski definition) is 1. The fourth-order valence-electron chi connectivity index (χ4n) is 3.12. The average molecular weight is 509 g/mol. The zero-order valence-corrected chi connectivity index (χ0v) is 19.6. The van der Waals surface area contributed by atoms with Gasteiger partial charge in [0.1, 0.15) is 11.6 Å². The number of nitro groups is 2. The molecule has 0 aliphatic rings. The van der Waals surface area contributed by atoms with Crippen LogP contribution in [0, 0.1) is 38.5 Å². The Morgan fingerprint density at radius 2 is 1.78 bits per heavy atom. The van der Waals surface area contributed by atoms with Crippen LogP contribution in [0.4, 0.5) is 17.1 Å². The van der Waals surface area contributed by atoms with Gasteiger partial charge in [0.25, 0.3) is 11.6 Å². The lowest BCUT2D eigenvalue weighted by Gasteiger charge is -2.12. The summed E-state index contributed by atoms with van der Waals surface area (Å²) in [5, 5.41) is 34.9. The molecule has 0 aliphatic carbocycles. The number of carbonyl (C=O) groups excluding carboxylic acids is 1. The van der Waals surface area contributed by atoms with Crippen molar-refractivity contribution >= 4 is 40.6 Å². The fraction of sp³-hybridized carbons (Fsp3) is 0.0833. The van der Waals surface area contributed by atoms with E-state index >= 15 is 0 Å². The summed E-state index contributed by atoms with van der Waals surface area (Å²) in [6.07, 6.45) is 1.29. The smallest absolute Gasteiger partial charge is 0.318 e. The van der Waals surface area contributed by atoms with Crippen molar-refractivity contribution in [3.8, 4) is 23.3 Å². The van der Waals surface area contributed by atoms with Crippen molar-refractivity contribution in [3.63, 3.8) is 0 Å². The lowest BCUT2D eigenvalue weighted by Crippen LogP contribution is -2.14. The van der Waals surface area contributed by atoms with Gasteiger partial charge in [-0.05, 0) is 48.4 Å². The summed E-state index contributed by atoms with van der Waals surface area (Å²) in [7, 11) is 1.35. The summed E-state index contributed by atoms with van der Waals surface area (Å²) < 4.78 is 10.9. The largest absolute Gasteiger partial charge is 0.493 e. The zero-order chi connectivity index (χ0) is 26.4. The second-order valence-electron chi connectivity index (χ2n) is 7.23. The first-order valence-electron chi connectivity index (χ1n) is 10.1. The van der Waals surface area contributed by atoms with Crippen LogP contribution in [0.5, 0.6) is 17.2 Å². The molecule has 1 N–H and O–H groups in total. The fourth-order valence-corrected chi connectivity index (χ4v) is 3.39. The van der Waals surface area contributed by atoms with Crippen molar-refractivity contribution in [2.24, 2.45) is 0 Å². The number of carbonyl (C=O) groups is 1. The highest BCUT2D eigenvalue weighted by atomic mass is 35.5. The van der Waals surface area contributed by atoms with E-state index in [9.17, 15) is 30.3 Å². The molecule has 0 bridgehead atoms. The Kier molecular flexibility index (Phi) is 7.83. The SMILES string of the molecule is COc1ccc(/C=C(\C#N)C(=O)Nc2c(C)cccc2Cl)cc1Oc1ccc([N+](=O)[O-])cc1[N+](=O)[O-]. The summed E-state index contributed by atoms with van der Waals surface area (Å²) in [5.74, 6) is -0.757. The molecule has 182 valence electrons. The van der Waals surface area contributed by atoms with Crippen LogP contribution in [0.2, 0.25) is 5.02 Å². The molecule has 1 amide bonds. The number of ether oxygens (including phenoxy) is 2. The Bertz CT molecular complexity index is 1430. The predicted molar refractivity (Wildman–Crippen MR) is 131 cm³/mol. The van der Waals surface area contributed by atoms with E-state index < -0.39 is 27.1 Å². The van der Waals surface area contributed by atoms with Crippen molar-refractivity contribution < 1.29 is 24.1 Å². The number of para-hydroxylation sites is 1. The molecule has 36 heavy (non-hydrogen) atoms. The Morgan fingerprint density at radius 3 is 2.39 bits per heavy atom. The van der Waals surface area contributed by atoms with Crippen LogP contribution in [0.15, 0.2) is 60.2 Å². The van der Waals surface area contributed by atoms with Crippen LogP contribution in [0.1, 0.15) is 11.1 Å². The Morgan fingerprint density at radius 1 is 1.06 bits per heavy atom. The first-order valence-corrected chi connectivity index (χ1v) is 10.5. The molecule has 0 heterocycles. The molecule has 0 spiro atoms. The molecule has 0 saturated heterocycles. The maximum Gasteiger partial charge on any atom is 0.318 e. The maximum atomic E-state index is 12.7. The molecule has 11 nitrogen and oxygen atoms in total. The minimum absolute atomic E-state index is 0.0165. The highest BCUT2D eigenvalue weighted by Gasteiger charge is 2.22. The van der Waals surface area contributed by atoms with E-state index in [1.165, 1.54) is 25.3 Å². The van der Waals surface area contributed by atoms with Gasteiger partial charge in [-0.3, -0.25) is 25.0 Å². The van der Waals surface area contributed by atoms with Gasteiger partial charge in [0.2, 0.25) is 5.75 Å². The van der Waals surface area contributed by atoms with E-state index in [1.54, 1.807) is 31.2 Å². The van der Waals surface area contributed by atoms with Crippen LogP contribution < -0.4 is 14.8 Å². The number of anilines is 1. The monoisotopic (exact) mass is 508 g/mol. The van der Waals surface area contributed by atoms with E-state index in [0.29, 0.717) is 21.8 Å². The molecule has 0 aromatic heterocycles. The molecule has 0 saturated carbocycles. The molecular formula is C24H17ClN4O7. The second-order valence-corrected chi connectivity index (χ2v) is 7.64. The molecular weight excluding hydrogens is 492 g/mol. The van der Waals surface area contributed by atoms with E-state index in [-0.39, 0.29) is 22.8 Å². The normalized spacial score (nSPS) is 10.8. The van der Waals surface area contributed by atoms with Crippen molar-refractivity contribution in [2.75, 3.05) is 12.4 Å². The van der Waals surface area contributed by atoms with E-state index in [1.807, 2.05) is 6.07 Å². The Hall–Kier alpha value is -4.95. The first kappa shape index (κ1) is 25.7. The van der Waals surface area contributed by atoms with Crippen LogP contribution in [-0.2, 0) is 4.79 Å². The Labute approximate surface area is 209 Å². The van der Waals surface area contributed by atoms with Crippen LogP contribution in [0.3, 0.4) is 0 Å². The number of amides is 1. The number of methoxy groups -OCH3 is 1. The molecule has 0 unspecified atom stereocenters. The van der Waals surface area contributed by atoms with Gasteiger partial charge in [0.15, 0.2) is 11.5 Å². The number of benzene rings is 3. The van der Waals surface area contributed by atoms with Crippen LogP contribution in [0.25, 0.3) is 6.08 Å². The summed E-state index contributed by atoms with van der Waals surface area (Å²) in [6.45, 7) is 1.75. The predicted octanol–water partition coefficient (Wildman–Crippen LogP) is 5.81. The maximum absolute atomic E-state index is 12.7. The molecule has 3 rings (SSSR count). The Balaban J connectivity index is 1.96. The lowest BCUT2D eigenvalue weighted by molar-refractivity contribution is -0.394.